The lowest BCUT2D eigenvalue weighted by atomic mass is 10.3. The third-order valence-corrected chi connectivity index (χ3v) is 2.10. The van der Waals surface area contributed by atoms with E-state index < -0.39 is 0 Å². The molecule has 0 fully saturated rings. The summed E-state index contributed by atoms with van der Waals surface area (Å²) in [5.41, 5.74) is 0.843. The van der Waals surface area contributed by atoms with Crippen LogP contribution in [0.4, 0.5) is 5.69 Å². The van der Waals surface area contributed by atoms with Crippen molar-refractivity contribution >= 4 is 36.7 Å². The van der Waals surface area contributed by atoms with Gasteiger partial charge in [0.15, 0.2) is 0 Å². The Morgan fingerprint density at radius 1 is 1.24 bits per heavy atom. The Bertz CT molecular complexity index is 276. The van der Waals surface area contributed by atoms with E-state index in [4.69, 9.17) is 11.6 Å². The molecular formula is C13H22ClNOS. The SMILES string of the molecule is CC(=O)Nc1ccccc1.CCCCCCl.S. The number of para-hydroxylation sites is 1. The van der Waals surface area contributed by atoms with Gasteiger partial charge < -0.3 is 5.32 Å². The van der Waals surface area contributed by atoms with Gasteiger partial charge in [0.05, 0.1) is 0 Å². The predicted molar refractivity (Wildman–Crippen MR) is 81.4 cm³/mol. The Morgan fingerprint density at radius 3 is 2.18 bits per heavy atom. The molecule has 0 radical (unpaired) electrons. The number of alkyl halides is 1. The molecule has 0 aliphatic rings. The highest BCUT2D eigenvalue weighted by molar-refractivity contribution is 7.59. The molecule has 0 saturated heterocycles. The van der Waals surface area contributed by atoms with Crippen LogP contribution in [0.25, 0.3) is 0 Å². The van der Waals surface area contributed by atoms with Crippen molar-refractivity contribution in [3.8, 4) is 0 Å². The molecule has 17 heavy (non-hydrogen) atoms. The lowest BCUT2D eigenvalue weighted by Crippen LogP contribution is -2.04. The molecule has 0 aliphatic carbocycles. The molecule has 4 heteroatoms. The zero-order valence-electron chi connectivity index (χ0n) is 10.5. The van der Waals surface area contributed by atoms with E-state index in [1.165, 1.54) is 26.2 Å². The van der Waals surface area contributed by atoms with Crippen LogP contribution in [0.3, 0.4) is 0 Å². The molecule has 1 amide bonds. The van der Waals surface area contributed by atoms with E-state index >= 15 is 0 Å². The molecule has 1 rings (SSSR count). The molecule has 0 atom stereocenters. The topological polar surface area (TPSA) is 29.1 Å². The summed E-state index contributed by atoms with van der Waals surface area (Å²) in [5, 5.41) is 2.67. The van der Waals surface area contributed by atoms with E-state index in [1.54, 1.807) is 0 Å². The first kappa shape index (κ1) is 18.7. The monoisotopic (exact) mass is 275 g/mol. The highest BCUT2D eigenvalue weighted by Gasteiger charge is 1.90. The first-order chi connectivity index (χ1) is 7.70. The van der Waals surface area contributed by atoms with Crippen LogP contribution in [-0.4, -0.2) is 11.8 Å². The Labute approximate surface area is 116 Å². The maximum atomic E-state index is 10.5. The number of hydrogen-bond acceptors (Lipinski definition) is 1. The van der Waals surface area contributed by atoms with Crippen molar-refractivity contribution in [3.63, 3.8) is 0 Å². The number of anilines is 1. The number of unbranched alkanes of at least 4 members (excludes halogenated alkanes) is 2. The van der Waals surface area contributed by atoms with E-state index in [9.17, 15) is 4.79 Å². The molecule has 0 unspecified atom stereocenters. The third kappa shape index (κ3) is 13.3. The molecule has 1 aromatic carbocycles. The summed E-state index contributed by atoms with van der Waals surface area (Å²) >= 11 is 5.38. The number of carbonyl (C=O) groups excluding carboxylic acids is 1. The summed E-state index contributed by atoms with van der Waals surface area (Å²) < 4.78 is 0. The van der Waals surface area contributed by atoms with Crippen molar-refractivity contribution in [2.24, 2.45) is 0 Å². The summed E-state index contributed by atoms with van der Waals surface area (Å²) in [6.45, 7) is 3.67. The van der Waals surface area contributed by atoms with E-state index in [0.29, 0.717) is 0 Å². The largest absolute Gasteiger partial charge is 0.326 e. The fourth-order valence-electron chi connectivity index (χ4n) is 1.07. The highest BCUT2D eigenvalue weighted by Crippen LogP contribution is 2.03. The van der Waals surface area contributed by atoms with E-state index in [1.807, 2.05) is 30.3 Å². The maximum Gasteiger partial charge on any atom is 0.221 e. The average molecular weight is 276 g/mol. The summed E-state index contributed by atoms with van der Waals surface area (Å²) in [6.07, 6.45) is 3.73. The number of halogens is 1. The first-order valence-electron chi connectivity index (χ1n) is 5.59. The molecule has 0 aliphatic heterocycles. The van der Waals surface area contributed by atoms with Gasteiger partial charge in [0.1, 0.15) is 0 Å². The Hall–Kier alpha value is -0.670. The second-order valence-corrected chi connectivity index (χ2v) is 3.82. The number of hydrogen-bond donors (Lipinski definition) is 1. The molecule has 2 nitrogen and oxygen atoms in total. The van der Waals surface area contributed by atoms with Gasteiger partial charge in [-0.25, -0.2) is 0 Å². The summed E-state index contributed by atoms with van der Waals surface area (Å²) in [4.78, 5) is 10.5. The maximum absolute atomic E-state index is 10.5. The van der Waals surface area contributed by atoms with Crippen molar-refractivity contribution in [1.82, 2.24) is 0 Å². The van der Waals surface area contributed by atoms with Gasteiger partial charge in [0, 0.05) is 18.5 Å². The van der Waals surface area contributed by atoms with Crippen LogP contribution >= 0.6 is 25.1 Å². The van der Waals surface area contributed by atoms with Crippen LogP contribution in [0.2, 0.25) is 0 Å². The highest BCUT2D eigenvalue weighted by atomic mass is 35.5. The van der Waals surface area contributed by atoms with Gasteiger partial charge in [-0.15, -0.1) is 11.6 Å². The molecule has 0 aromatic heterocycles. The first-order valence-corrected chi connectivity index (χ1v) is 6.12. The number of nitrogens with one attached hydrogen (secondary N) is 1. The minimum absolute atomic E-state index is 0. The fraction of sp³-hybridized carbons (Fsp3) is 0.462. The van der Waals surface area contributed by atoms with E-state index in [-0.39, 0.29) is 19.4 Å². The molecule has 1 aromatic rings. The number of benzene rings is 1. The van der Waals surface area contributed by atoms with Gasteiger partial charge in [-0.05, 0) is 18.6 Å². The van der Waals surface area contributed by atoms with Gasteiger partial charge in [-0.3, -0.25) is 4.79 Å². The second-order valence-electron chi connectivity index (χ2n) is 3.44. The quantitative estimate of drug-likeness (QED) is 0.648. The zero-order chi connectivity index (χ0) is 12.2. The van der Waals surface area contributed by atoms with E-state index in [0.717, 1.165) is 11.6 Å². The lowest BCUT2D eigenvalue weighted by molar-refractivity contribution is -0.114. The number of carbonyl (C=O) groups is 1. The zero-order valence-corrected chi connectivity index (χ0v) is 12.3. The van der Waals surface area contributed by atoms with Gasteiger partial charge in [0.25, 0.3) is 0 Å². The summed E-state index contributed by atoms with van der Waals surface area (Å²) in [6, 6.07) is 9.37. The van der Waals surface area contributed by atoms with Crippen LogP contribution < -0.4 is 5.32 Å². The van der Waals surface area contributed by atoms with Gasteiger partial charge in [-0.2, -0.15) is 13.5 Å². The average Bonchev–Trinajstić information content (AvgIpc) is 2.28. The van der Waals surface area contributed by atoms with Crippen LogP contribution in [0, 0.1) is 0 Å². The molecule has 0 saturated carbocycles. The van der Waals surface area contributed by atoms with Crippen LogP contribution in [0.15, 0.2) is 30.3 Å². The van der Waals surface area contributed by atoms with Crippen LogP contribution in [-0.2, 0) is 4.79 Å². The Balaban J connectivity index is 0. The minimum atomic E-state index is -0.0359. The smallest absolute Gasteiger partial charge is 0.221 e. The number of amides is 1. The van der Waals surface area contributed by atoms with Crippen molar-refractivity contribution in [2.75, 3.05) is 11.2 Å². The standard InChI is InChI=1S/C8H9NO.C5H11Cl.H2S/c1-7(10)9-8-5-3-2-4-6-8;1-2-3-4-5-6;/h2-6H,1H3,(H,9,10);2-5H2,1H3;1H2. The van der Waals surface area contributed by atoms with Crippen molar-refractivity contribution in [1.29, 1.82) is 0 Å². The van der Waals surface area contributed by atoms with Crippen LogP contribution in [0.5, 0.6) is 0 Å². The van der Waals surface area contributed by atoms with Crippen molar-refractivity contribution in [3.05, 3.63) is 30.3 Å². The molecule has 0 spiro atoms. The Morgan fingerprint density at radius 2 is 1.82 bits per heavy atom. The minimum Gasteiger partial charge on any atom is -0.326 e. The normalized spacial score (nSPS) is 8.41. The molecule has 98 valence electrons. The Kier molecular flexibility index (Phi) is 14.7. The molecule has 1 N–H and O–H groups in total. The fourth-order valence-corrected chi connectivity index (χ4v) is 1.26. The third-order valence-electron chi connectivity index (χ3n) is 1.83. The van der Waals surface area contributed by atoms with Gasteiger partial charge in [-0.1, -0.05) is 38.0 Å². The molecule has 0 heterocycles. The summed E-state index contributed by atoms with van der Waals surface area (Å²) in [5.74, 6) is 0.791. The molecule has 0 bridgehead atoms. The second kappa shape index (κ2) is 13.4. The molecular weight excluding hydrogens is 254 g/mol. The van der Waals surface area contributed by atoms with Gasteiger partial charge >= 0.3 is 0 Å². The van der Waals surface area contributed by atoms with Crippen molar-refractivity contribution < 1.29 is 4.79 Å². The van der Waals surface area contributed by atoms with Crippen molar-refractivity contribution in [2.45, 2.75) is 33.1 Å². The van der Waals surface area contributed by atoms with E-state index in [2.05, 4.69) is 12.2 Å². The summed E-state index contributed by atoms with van der Waals surface area (Å²) in [7, 11) is 0. The number of rotatable bonds is 4. The predicted octanol–water partition coefficient (Wildman–Crippen LogP) is 4.17. The lowest BCUT2D eigenvalue weighted by Gasteiger charge is -1.98. The van der Waals surface area contributed by atoms with Gasteiger partial charge in [0.2, 0.25) is 5.91 Å². The van der Waals surface area contributed by atoms with Crippen LogP contribution in [0.1, 0.15) is 33.1 Å².